The van der Waals surface area contributed by atoms with E-state index in [2.05, 4.69) is 29.6 Å². The monoisotopic (exact) mass is 279 g/mol. The smallest absolute Gasteiger partial charge is 0.134 e. The topological polar surface area (TPSA) is 34.4 Å². The molecule has 0 fully saturated rings. The molecule has 1 unspecified atom stereocenters. The van der Waals surface area contributed by atoms with Gasteiger partial charge >= 0.3 is 0 Å². The van der Waals surface area contributed by atoms with E-state index in [1.54, 1.807) is 0 Å². The summed E-state index contributed by atoms with van der Waals surface area (Å²) in [4.78, 5) is 0. The van der Waals surface area contributed by atoms with Crippen LogP contribution < -0.4 is 10.1 Å². The van der Waals surface area contributed by atoms with Gasteiger partial charge in [0.05, 0.1) is 6.04 Å². The number of para-hydroxylation sites is 2. The normalized spacial score (nSPS) is 16.9. The van der Waals surface area contributed by atoms with E-state index in [0.29, 0.717) is 6.61 Å². The zero-order valence-corrected chi connectivity index (χ0v) is 11.9. The molecule has 106 valence electrons. The standard InChI is InChI=1S/C18H17NO2/c1-12-15(13-6-2-5-9-18(13)21-12)10-19-16-11-20-17-8-4-3-7-14(16)17/h2-9,16,19H,10-11H2,1H3. The predicted octanol–water partition coefficient (Wildman–Crippen LogP) is 3.96. The van der Waals surface area contributed by atoms with Crippen molar-refractivity contribution in [3.05, 3.63) is 65.4 Å². The number of rotatable bonds is 3. The van der Waals surface area contributed by atoms with Gasteiger partial charge in [0.1, 0.15) is 23.7 Å². The van der Waals surface area contributed by atoms with Crippen LogP contribution in [0.1, 0.15) is 22.9 Å². The SMILES string of the molecule is Cc1oc2ccccc2c1CNC1COc2ccccc21. The largest absolute Gasteiger partial charge is 0.491 e. The lowest BCUT2D eigenvalue weighted by atomic mass is 10.1. The Morgan fingerprint density at radius 3 is 2.86 bits per heavy atom. The number of benzene rings is 2. The third-order valence-corrected chi connectivity index (χ3v) is 4.13. The van der Waals surface area contributed by atoms with Crippen molar-refractivity contribution in [3.63, 3.8) is 0 Å². The van der Waals surface area contributed by atoms with E-state index in [1.807, 2.05) is 31.2 Å². The molecule has 0 bridgehead atoms. The highest BCUT2D eigenvalue weighted by Gasteiger charge is 2.23. The first-order chi connectivity index (χ1) is 10.3. The Labute approximate surface area is 123 Å². The molecule has 0 amide bonds. The van der Waals surface area contributed by atoms with E-state index in [9.17, 15) is 0 Å². The number of aryl methyl sites for hydroxylation is 1. The third kappa shape index (κ3) is 2.10. The molecule has 1 atom stereocenters. The maximum absolute atomic E-state index is 5.81. The Morgan fingerprint density at radius 2 is 1.90 bits per heavy atom. The fraction of sp³-hybridized carbons (Fsp3) is 0.222. The van der Waals surface area contributed by atoms with Crippen LogP contribution in [0, 0.1) is 6.92 Å². The summed E-state index contributed by atoms with van der Waals surface area (Å²) in [5.74, 6) is 1.97. The minimum Gasteiger partial charge on any atom is -0.491 e. The van der Waals surface area contributed by atoms with Crippen LogP contribution in [-0.2, 0) is 6.54 Å². The minimum absolute atomic E-state index is 0.245. The Kier molecular flexibility index (Phi) is 2.93. The second-order valence-electron chi connectivity index (χ2n) is 5.42. The molecular weight excluding hydrogens is 262 g/mol. The fourth-order valence-electron chi connectivity index (χ4n) is 3.00. The molecule has 0 saturated carbocycles. The van der Waals surface area contributed by atoms with Crippen molar-refractivity contribution >= 4 is 11.0 Å². The highest BCUT2D eigenvalue weighted by atomic mass is 16.5. The zero-order chi connectivity index (χ0) is 14.2. The summed E-state index contributed by atoms with van der Waals surface area (Å²) >= 11 is 0. The van der Waals surface area contributed by atoms with Gasteiger partial charge in [-0.15, -0.1) is 0 Å². The molecule has 0 radical (unpaired) electrons. The highest BCUT2D eigenvalue weighted by molar-refractivity contribution is 5.82. The average molecular weight is 279 g/mol. The van der Waals surface area contributed by atoms with Crippen LogP contribution in [0.25, 0.3) is 11.0 Å². The first-order valence-electron chi connectivity index (χ1n) is 7.25. The second-order valence-corrected chi connectivity index (χ2v) is 5.42. The number of ether oxygens (including phenoxy) is 1. The summed E-state index contributed by atoms with van der Waals surface area (Å²) < 4.78 is 11.5. The number of nitrogens with one attached hydrogen (secondary N) is 1. The molecule has 3 nitrogen and oxygen atoms in total. The number of hydrogen-bond donors (Lipinski definition) is 1. The Morgan fingerprint density at radius 1 is 1.10 bits per heavy atom. The van der Waals surface area contributed by atoms with Crippen LogP contribution in [0.5, 0.6) is 5.75 Å². The summed E-state index contributed by atoms with van der Waals surface area (Å²) in [5.41, 5.74) is 3.42. The van der Waals surface area contributed by atoms with Gasteiger partial charge in [0.2, 0.25) is 0 Å². The molecule has 3 heteroatoms. The average Bonchev–Trinajstić information content (AvgIpc) is 3.06. The van der Waals surface area contributed by atoms with Crippen LogP contribution in [0.2, 0.25) is 0 Å². The molecule has 4 rings (SSSR count). The fourth-order valence-corrected chi connectivity index (χ4v) is 3.00. The predicted molar refractivity (Wildman–Crippen MR) is 82.5 cm³/mol. The third-order valence-electron chi connectivity index (χ3n) is 4.13. The van der Waals surface area contributed by atoms with E-state index in [-0.39, 0.29) is 6.04 Å². The van der Waals surface area contributed by atoms with Crippen LogP contribution in [0.3, 0.4) is 0 Å². The van der Waals surface area contributed by atoms with Crippen LogP contribution in [0.15, 0.2) is 52.9 Å². The maximum atomic E-state index is 5.81. The molecule has 0 spiro atoms. The van der Waals surface area contributed by atoms with Crippen molar-refractivity contribution in [1.82, 2.24) is 5.32 Å². The number of fused-ring (bicyclic) bond motifs is 2. The van der Waals surface area contributed by atoms with Crippen molar-refractivity contribution < 1.29 is 9.15 Å². The first kappa shape index (κ1) is 12.5. The van der Waals surface area contributed by atoms with E-state index < -0.39 is 0 Å². The van der Waals surface area contributed by atoms with E-state index in [0.717, 1.165) is 23.6 Å². The van der Waals surface area contributed by atoms with Crippen LogP contribution in [-0.4, -0.2) is 6.61 Å². The van der Waals surface area contributed by atoms with Gasteiger partial charge in [-0.25, -0.2) is 0 Å². The summed E-state index contributed by atoms with van der Waals surface area (Å²) in [7, 11) is 0. The Bertz CT molecular complexity index is 791. The molecule has 3 aromatic rings. The zero-order valence-electron chi connectivity index (χ0n) is 11.9. The van der Waals surface area contributed by atoms with E-state index >= 15 is 0 Å². The summed E-state index contributed by atoms with van der Waals surface area (Å²) in [6.45, 7) is 3.50. The van der Waals surface area contributed by atoms with Gasteiger partial charge in [-0.3, -0.25) is 0 Å². The van der Waals surface area contributed by atoms with Crippen LogP contribution >= 0.6 is 0 Å². The summed E-state index contributed by atoms with van der Waals surface area (Å²) in [6.07, 6.45) is 0. The summed E-state index contributed by atoms with van der Waals surface area (Å²) in [6, 6.07) is 16.6. The van der Waals surface area contributed by atoms with Crippen LogP contribution in [0.4, 0.5) is 0 Å². The Balaban J connectivity index is 1.58. The number of furan rings is 1. The lowest BCUT2D eigenvalue weighted by molar-refractivity contribution is 0.310. The second kappa shape index (κ2) is 4.93. The molecule has 1 N–H and O–H groups in total. The molecular formula is C18H17NO2. The van der Waals surface area contributed by atoms with E-state index in [1.165, 1.54) is 16.5 Å². The quantitative estimate of drug-likeness (QED) is 0.788. The lowest BCUT2D eigenvalue weighted by Gasteiger charge is -2.11. The van der Waals surface area contributed by atoms with Crippen molar-refractivity contribution in [2.75, 3.05) is 6.61 Å². The molecule has 1 aliphatic heterocycles. The summed E-state index contributed by atoms with van der Waals surface area (Å²) in [5, 5.41) is 4.78. The van der Waals surface area contributed by atoms with Gasteiger partial charge in [-0.05, 0) is 19.1 Å². The molecule has 21 heavy (non-hydrogen) atoms. The lowest BCUT2D eigenvalue weighted by Crippen LogP contribution is -2.22. The van der Waals surface area contributed by atoms with Crippen molar-refractivity contribution in [1.29, 1.82) is 0 Å². The van der Waals surface area contributed by atoms with Gasteiger partial charge in [0.25, 0.3) is 0 Å². The van der Waals surface area contributed by atoms with Crippen molar-refractivity contribution in [2.24, 2.45) is 0 Å². The molecule has 1 aromatic heterocycles. The molecule has 2 aromatic carbocycles. The molecule has 2 heterocycles. The first-order valence-corrected chi connectivity index (χ1v) is 7.25. The number of hydrogen-bond acceptors (Lipinski definition) is 3. The van der Waals surface area contributed by atoms with Gasteiger partial charge in [0, 0.05) is 23.1 Å². The highest BCUT2D eigenvalue weighted by Crippen LogP contribution is 2.32. The van der Waals surface area contributed by atoms with Gasteiger partial charge < -0.3 is 14.5 Å². The van der Waals surface area contributed by atoms with Gasteiger partial charge in [0.15, 0.2) is 0 Å². The van der Waals surface area contributed by atoms with E-state index in [4.69, 9.17) is 9.15 Å². The Hall–Kier alpha value is -2.26. The molecule has 0 aliphatic carbocycles. The van der Waals surface area contributed by atoms with Crippen molar-refractivity contribution in [3.8, 4) is 5.75 Å². The van der Waals surface area contributed by atoms with Crippen molar-refractivity contribution in [2.45, 2.75) is 19.5 Å². The minimum atomic E-state index is 0.245. The molecule has 1 aliphatic rings. The van der Waals surface area contributed by atoms with Gasteiger partial charge in [-0.1, -0.05) is 36.4 Å². The van der Waals surface area contributed by atoms with Gasteiger partial charge in [-0.2, -0.15) is 0 Å². The molecule has 0 saturated heterocycles. The maximum Gasteiger partial charge on any atom is 0.134 e.